The summed E-state index contributed by atoms with van der Waals surface area (Å²) in [5.41, 5.74) is 0.375. The summed E-state index contributed by atoms with van der Waals surface area (Å²) < 4.78 is 28.2. The van der Waals surface area contributed by atoms with Crippen LogP contribution in [0.4, 0.5) is 0 Å². The van der Waals surface area contributed by atoms with Crippen molar-refractivity contribution in [3.8, 4) is 0 Å². The van der Waals surface area contributed by atoms with Gasteiger partial charge in [-0.3, -0.25) is 0 Å². The molecule has 0 heterocycles. The number of fused-ring (bicyclic) bond motifs is 5. The summed E-state index contributed by atoms with van der Waals surface area (Å²) in [6, 6.07) is 0. The van der Waals surface area contributed by atoms with Gasteiger partial charge in [-0.2, -0.15) is 0 Å². The highest BCUT2D eigenvalue weighted by Gasteiger charge is 2.68. The summed E-state index contributed by atoms with van der Waals surface area (Å²) in [5, 5.41) is 0. The van der Waals surface area contributed by atoms with Gasteiger partial charge in [0.2, 0.25) is 0 Å². The van der Waals surface area contributed by atoms with Gasteiger partial charge in [0.25, 0.3) is 0 Å². The first-order chi connectivity index (χ1) is 18.5. The van der Waals surface area contributed by atoms with E-state index in [1.54, 1.807) is 0 Å². The molecule has 41 heavy (non-hydrogen) atoms. The third kappa shape index (κ3) is 7.41. The van der Waals surface area contributed by atoms with Crippen LogP contribution in [-0.2, 0) is 17.7 Å². The van der Waals surface area contributed by atoms with Crippen LogP contribution in [0.15, 0.2) is 0 Å². The number of hydrogen-bond acceptors (Lipinski definition) is 4. The van der Waals surface area contributed by atoms with Gasteiger partial charge < -0.3 is 17.7 Å². The van der Waals surface area contributed by atoms with Gasteiger partial charge in [-0.1, -0.05) is 13.8 Å². The maximum Gasteiger partial charge on any atom is 0.184 e. The zero-order valence-corrected chi connectivity index (χ0v) is 33.7. The van der Waals surface area contributed by atoms with Crippen LogP contribution < -0.4 is 0 Å². The zero-order valence-electron chi connectivity index (χ0n) is 29.7. The minimum atomic E-state index is -1.86. The van der Waals surface area contributed by atoms with E-state index >= 15 is 0 Å². The molecule has 8 heteroatoms. The Hall–Kier alpha value is 0.708. The molecule has 0 aromatic heterocycles. The van der Waals surface area contributed by atoms with Gasteiger partial charge in [0.15, 0.2) is 33.3 Å². The van der Waals surface area contributed by atoms with Crippen molar-refractivity contribution in [2.24, 2.45) is 34.5 Å². The zero-order chi connectivity index (χ0) is 30.9. The molecule has 0 spiro atoms. The highest BCUT2D eigenvalue weighted by Crippen LogP contribution is 2.70. The van der Waals surface area contributed by atoms with Crippen molar-refractivity contribution in [2.75, 3.05) is 6.61 Å². The fourth-order valence-corrected chi connectivity index (χ4v) is 14.7. The predicted octanol–water partition coefficient (Wildman–Crippen LogP) is 9.91. The second-order valence-corrected chi connectivity index (χ2v) is 36.9. The Kier molecular flexibility index (Phi) is 9.70. The number of hydrogen-bond donors (Lipinski definition) is 0. The van der Waals surface area contributed by atoms with Crippen molar-refractivity contribution in [3.63, 3.8) is 0 Å². The van der Waals surface area contributed by atoms with E-state index in [4.69, 9.17) is 17.7 Å². The molecule has 4 rings (SSSR count). The molecule has 0 aromatic carbocycles. The monoisotopic (exact) mass is 640 g/mol. The van der Waals surface area contributed by atoms with Gasteiger partial charge in [0, 0.05) is 11.5 Å². The standard InChI is InChI=1S/C33H68O4Si4/c1-31-20-17-26(35-39(6,7)8)23-25(31)15-16-27-28(31)18-21-32(2)29(27)19-22-33(32,37-41(12,13)14)30(36-40(9,10)11)24-34-38(3,4)5/h25-30H,15-24H2,1-14H3. The van der Waals surface area contributed by atoms with Crippen molar-refractivity contribution in [2.45, 2.75) is 168 Å². The molecule has 0 amide bonds. The summed E-state index contributed by atoms with van der Waals surface area (Å²) in [4.78, 5) is 0. The van der Waals surface area contributed by atoms with Crippen LogP contribution in [0.5, 0.6) is 0 Å². The van der Waals surface area contributed by atoms with Gasteiger partial charge in [-0.15, -0.1) is 0 Å². The molecular formula is C33H68O4Si4. The van der Waals surface area contributed by atoms with Crippen LogP contribution in [0.2, 0.25) is 78.6 Å². The second-order valence-electron chi connectivity index (χ2n) is 19.0. The van der Waals surface area contributed by atoms with E-state index in [0.717, 1.165) is 30.1 Å². The normalized spacial score (nSPS) is 41.0. The minimum Gasteiger partial charge on any atom is -0.415 e. The van der Waals surface area contributed by atoms with Crippen LogP contribution >= 0.6 is 0 Å². The summed E-state index contributed by atoms with van der Waals surface area (Å²) in [6.07, 6.45) is 12.3. The van der Waals surface area contributed by atoms with E-state index < -0.39 is 33.3 Å². The lowest BCUT2D eigenvalue weighted by Crippen LogP contribution is -2.65. The molecule has 0 aliphatic heterocycles. The van der Waals surface area contributed by atoms with E-state index in [-0.39, 0.29) is 17.1 Å². The molecule has 4 saturated carbocycles. The Bertz CT molecular complexity index is 918. The molecule has 4 aliphatic carbocycles. The van der Waals surface area contributed by atoms with Gasteiger partial charge in [0.1, 0.15) is 0 Å². The first-order valence-corrected chi connectivity index (χ1v) is 30.8. The molecule has 4 nitrogen and oxygen atoms in total. The summed E-state index contributed by atoms with van der Waals surface area (Å²) in [5.74, 6) is 3.23. The fourth-order valence-electron chi connectivity index (χ4n) is 10.2. The van der Waals surface area contributed by atoms with Crippen LogP contribution in [0.25, 0.3) is 0 Å². The fraction of sp³-hybridized carbons (Fsp3) is 1.00. The maximum absolute atomic E-state index is 7.56. The van der Waals surface area contributed by atoms with Crippen molar-refractivity contribution in [1.82, 2.24) is 0 Å². The molecule has 0 radical (unpaired) electrons. The molecular weight excluding hydrogens is 573 g/mol. The number of rotatable bonds is 10. The predicted molar refractivity (Wildman–Crippen MR) is 185 cm³/mol. The van der Waals surface area contributed by atoms with Crippen LogP contribution in [-0.4, -0.2) is 57.7 Å². The Balaban J connectivity index is 1.65. The van der Waals surface area contributed by atoms with E-state index in [1.165, 1.54) is 51.4 Å². The van der Waals surface area contributed by atoms with Gasteiger partial charge in [0.05, 0.1) is 18.3 Å². The molecule has 4 aliphatic rings. The molecule has 0 aromatic rings. The maximum atomic E-state index is 7.56. The average Bonchev–Trinajstić information content (AvgIpc) is 3.06. The Morgan fingerprint density at radius 1 is 0.659 bits per heavy atom. The summed E-state index contributed by atoms with van der Waals surface area (Å²) in [7, 11) is -6.89. The van der Waals surface area contributed by atoms with E-state index in [9.17, 15) is 0 Å². The largest absolute Gasteiger partial charge is 0.415 e. The Morgan fingerprint density at radius 3 is 1.85 bits per heavy atom. The molecule has 0 saturated heterocycles. The molecule has 4 fully saturated rings. The Labute approximate surface area is 259 Å². The van der Waals surface area contributed by atoms with Crippen molar-refractivity contribution >= 4 is 33.3 Å². The molecule has 9 atom stereocenters. The topological polar surface area (TPSA) is 36.9 Å². The van der Waals surface area contributed by atoms with Gasteiger partial charge >= 0.3 is 0 Å². The van der Waals surface area contributed by atoms with Crippen LogP contribution in [0.1, 0.15) is 71.6 Å². The van der Waals surface area contributed by atoms with Gasteiger partial charge in [-0.05, 0) is 165 Å². The van der Waals surface area contributed by atoms with E-state index in [2.05, 4.69) is 92.4 Å². The quantitative estimate of drug-likeness (QED) is 0.223. The van der Waals surface area contributed by atoms with Crippen LogP contribution in [0.3, 0.4) is 0 Å². The summed E-state index contributed by atoms with van der Waals surface area (Å²) in [6.45, 7) is 34.3. The second kappa shape index (κ2) is 11.5. The molecule has 0 N–H and O–H groups in total. The van der Waals surface area contributed by atoms with Gasteiger partial charge in [-0.25, -0.2) is 0 Å². The van der Waals surface area contributed by atoms with Crippen molar-refractivity contribution in [3.05, 3.63) is 0 Å². The molecule has 240 valence electrons. The van der Waals surface area contributed by atoms with Crippen molar-refractivity contribution in [1.29, 1.82) is 0 Å². The molecule has 0 bridgehead atoms. The Morgan fingerprint density at radius 2 is 1.29 bits per heavy atom. The first-order valence-electron chi connectivity index (χ1n) is 17.2. The van der Waals surface area contributed by atoms with E-state index in [0.29, 0.717) is 18.1 Å². The lowest BCUT2D eigenvalue weighted by molar-refractivity contribution is -0.183. The highest BCUT2D eigenvalue weighted by molar-refractivity contribution is 6.71. The smallest absolute Gasteiger partial charge is 0.184 e. The van der Waals surface area contributed by atoms with Crippen LogP contribution in [0, 0.1) is 34.5 Å². The first kappa shape index (κ1) is 34.6. The third-order valence-corrected chi connectivity index (χ3v) is 15.5. The average molecular weight is 641 g/mol. The highest BCUT2D eigenvalue weighted by atomic mass is 28.4. The SMILES string of the molecule is CC12CCC(O[Si](C)(C)C)CC1CCC1C2CCC2(C)C1CCC2(O[Si](C)(C)C)C(CO[Si](C)(C)C)O[Si](C)(C)C. The minimum absolute atomic E-state index is 0.0280. The lowest BCUT2D eigenvalue weighted by atomic mass is 9.44. The lowest BCUT2D eigenvalue weighted by Gasteiger charge is -2.63. The summed E-state index contributed by atoms with van der Waals surface area (Å²) >= 11 is 0. The van der Waals surface area contributed by atoms with Crippen molar-refractivity contribution < 1.29 is 17.7 Å². The van der Waals surface area contributed by atoms with E-state index in [1.807, 2.05) is 0 Å². The molecule has 9 unspecified atom stereocenters. The third-order valence-electron chi connectivity index (χ3n) is 11.5.